The van der Waals surface area contributed by atoms with Gasteiger partial charge in [-0.15, -0.1) is 0 Å². The Balaban J connectivity index is 1.91. The first-order valence-corrected chi connectivity index (χ1v) is 7.75. The topological polar surface area (TPSA) is 59.3 Å². The molecule has 124 valence electrons. The Bertz CT molecular complexity index is 932. The van der Waals surface area contributed by atoms with Crippen LogP contribution in [-0.4, -0.2) is 20.3 Å². The summed E-state index contributed by atoms with van der Waals surface area (Å²) in [6.45, 7) is 7.52. The van der Waals surface area contributed by atoms with Gasteiger partial charge in [0.1, 0.15) is 12.1 Å². The SMILES string of the molecule is Cc1cc(C)n2cnc(C(=O)NC(C)c3cc(F)ccc3C)c2n1. The normalized spacial score (nSPS) is 12.4. The molecule has 1 amide bonds. The van der Waals surface area contributed by atoms with E-state index in [1.165, 1.54) is 12.1 Å². The molecule has 1 N–H and O–H groups in total. The maximum Gasteiger partial charge on any atom is 0.274 e. The molecule has 1 atom stereocenters. The van der Waals surface area contributed by atoms with Gasteiger partial charge >= 0.3 is 0 Å². The summed E-state index contributed by atoms with van der Waals surface area (Å²) in [5.74, 6) is -0.650. The van der Waals surface area contributed by atoms with E-state index in [9.17, 15) is 9.18 Å². The second-order valence-corrected chi connectivity index (χ2v) is 6.02. The average molecular weight is 326 g/mol. The lowest BCUT2D eigenvalue weighted by Gasteiger charge is -2.16. The summed E-state index contributed by atoms with van der Waals surface area (Å²) in [5, 5.41) is 2.88. The maximum absolute atomic E-state index is 13.5. The number of nitrogens with one attached hydrogen (secondary N) is 1. The Kier molecular flexibility index (Phi) is 4.05. The van der Waals surface area contributed by atoms with Crippen LogP contribution in [0.1, 0.15) is 46.0 Å². The van der Waals surface area contributed by atoms with Gasteiger partial charge in [0, 0.05) is 11.4 Å². The molecule has 6 heteroatoms. The smallest absolute Gasteiger partial charge is 0.274 e. The molecule has 0 aliphatic heterocycles. The number of benzene rings is 1. The number of carbonyl (C=O) groups excluding carboxylic acids is 1. The van der Waals surface area contributed by atoms with Crippen molar-refractivity contribution in [1.82, 2.24) is 19.7 Å². The quantitative estimate of drug-likeness (QED) is 0.803. The molecule has 1 unspecified atom stereocenters. The van der Waals surface area contributed by atoms with Crippen molar-refractivity contribution in [1.29, 1.82) is 0 Å². The predicted octanol–water partition coefficient (Wildman–Crippen LogP) is 3.28. The van der Waals surface area contributed by atoms with Crippen LogP contribution in [0.4, 0.5) is 4.39 Å². The highest BCUT2D eigenvalue weighted by Gasteiger charge is 2.19. The number of carbonyl (C=O) groups is 1. The van der Waals surface area contributed by atoms with E-state index in [2.05, 4.69) is 15.3 Å². The number of aromatic nitrogens is 3. The zero-order chi connectivity index (χ0) is 17.4. The van der Waals surface area contributed by atoms with Crippen molar-refractivity contribution in [3.8, 4) is 0 Å². The van der Waals surface area contributed by atoms with Gasteiger partial charge in [-0.1, -0.05) is 6.07 Å². The Labute approximate surface area is 139 Å². The second kappa shape index (κ2) is 6.03. The first-order chi connectivity index (χ1) is 11.4. The van der Waals surface area contributed by atoms with E-state index in [0.717, 1.165) is 22.5 Å². The van der Waals surface area contributed by atoms with Gasteiger partial charge in [-0.25, -0.2) is 14.4 Å². The van der Waals surface area contributed by atoms with Crippen molar-refractivity contribution in [3.63, 3.8) is 0 Å². The Morgan fingerprint density at radius 2 is 2.00 bits per heavy atom. The Hall–Kier alpha value is -2.76. The Morgan fingerprint density at radius 3 is 2.75 bits per heavy atom. The highest BCUT2D eigenvalue weighted by atomic mass is 19.1. The molecule has 0 aliphatic rings. The molecule has 0 spiro atoms. The van der Waals surface area contributed by atoms with Gasteiger partial charge in [-0.2, -0.15) is 0 Å². The number of hydrogen-bond acceptors (Lipinski definition) is 3. The third-order valence-corrected chi connectivity index (χ3v) is 4.09. The number of hydrogen-bond donors (Lipinski definition) is 1. The van der Waals surface area contributed by atoms with Gasteiger partial charge in [0.25, 0.3) is 5.91 Å². The van der Waals surface area contributed by atoms with E-state index in [-0.39, 0.29) is 23.5 Å². The van der Waals surface area contributed by atoms with Crippen LogP contribution in [0.5, 0.6) is 0 Å². The third-order valence-electron chi connectivity index (χ3n) is 4.09. The minimum atomic E-state index is -0.337. The van der Waals surface area contributed by atoms with E-state index in [1.54, 1.807) is 16.8 Å². The molecule has 0 fully saturated rings. The third kappa shape index (κ3) is 2.87. The van der Waals surface area contributed by atoms with Gasteiger partial charge < -0.3 is 5.32 Å². The molecule has 0 saturated carbocycles. The minimum absolute atomic E-state index is 0.266. The van der Waals surface area contributed by atoms with Crippen molar-refractivity contribution in [2.45, 2.75) is 33.7 Å². The van der Waals surface area contributed by atoms with Crippen LogP contribution in [0.3, 0.4) is 0 Å². The van der Waals surface area contributed by atoms with Crippen LogP contribution in [0.2, 0.25) is 0 Å². The summed E-state index contributed by atoms with van der Waals surface area (Å²) in [7, 11) is 0. The van der Waals surface area contributed by atoms with Crippen LogP contribution in [0.15, 0.2) is 30.6 Å². The monoisotopic (exact) mass is 326 g/mol. The van der Waals surface area contributed by atoms with Gasteiger partial charge in [0.15, 0.2) is 11.3 Å². The highest BCUT2D eigenvalue weighted by molar-refractivity contribution is 5.98. The highest BCUT2D eigenvalue weighted by Crippen LogP contribution is 2.19. The van der Waals surface area contributed by atoms with Crippen molar-refractivity contribution < 1.29 is 9.18 Å². The van der Waals surface area contributed by atoms with Gasteiger partial charge in [-0.3, -0.25) is 9.20 Å². The number of rotatable bonds is 3. The molecule has 0 radical (unpaired) electrons. The molecule has 0 bridgehead atoms. The standard InChI is InChI=1S/C18H19FN4O/c1-10-5-6-14(19)8-15(10)13(4)22-18(24)16-17-21-11(2)7-12(3)23(17)9-20-16/h5-9,13H,1-4H3,(H,22,24). The summed E-state index contributed by atoms with van der Waals surface area (Å²) in [6.07, 6.45) is 1.59. The molecular weight excluding hydrogens is 307 g/mol. The number of halogens is 1. The summed E-state index contributed by atoms with van der Waals surface area (Å²) < 4.78 is 15.3. The molecule has 2 aromatic heterocycles. The summed E-state index contributed by atoms with van der Waals surface area (Å²) in [6, 6.07) is 6.14. The second-order valence-electron chi connectivity index (χ2n) is 6.02. The van der Waals surface area contributed by atoms with Crippen molar-refractivity contribution in [3.05, 3.63) is 64.6 Å². The molecule has 0 saturated heterocycles. The number of imidazole rings is 1. The number of nitrogens with zero attached hydrogens (tertiary/aromatic N) is 3. The Morgan fingerprint density at radius 1 is 1.25 bits per heavy atom. The van der Waals surface area contributed by atoms with Crippen molar-refractivity contribution in [2.75, 3.05) is 0 Å². The molecule has 0 aliphatic carbocycles. The molecule has 1 aromatic carbocycles. The largest absolute Gasteiger partial charge is 0.344 e. The average Bonchev–Trinajstić information content (AvgIpc) is 2.93. The van der Waals surface area contributed by atoms with Crippen LogP contribution in [-0.2, 0) is 0 Å². The lowest BCUT2D eigenvalue weighted by Crippen LogP contribution is -2.27. The van der Waals surface area contributed by atoms with Crippen molar-refractivity contribution in [2.24, 2.45) is 0 Å². The van der Waals surface area contributed by atoms with Crippen molar-refractivity contribution >= 4 is 11.6 Å². The van der Waals surface area contributed by atoms with Gasteiger partial charge in [-0.05, 0) is 57.0 Å². The van der Waals surface area contributed by atoms with Crippen LogP contribution < -0.4 is 5.32 Å². The summed E-state index contributed by atoms with van der Waals surface area (Å²) >= 11 is 0. The maximum atomic E-state index is 13.5. The van der Waals surface area contributed by atoms with Gasteiger partial charge in [0.05, 0.1) is 6.04 Å². The molecule has 3 rings (SSSR count). The molecule has 2 heterocycles. The van der Waals surface area contributed by atoms with Gasteiger partial charge in [0.2, 0.25) is 0 Å². The molecule has 24 heavy (non-hydrogen) atoms. The molecule has 3 aromatic rings. The van der Waals surface area contributed by atoms with Crippen LogP contribution >= 0.6 is 0 Å². The molecule has 5 nitrogen and oxygen atoms in total. The fourth-order valence-electron chi connectivity index (χ4n) is 2.86. The first kappa shape index (κ1) is 16.1. The lowest BCUT2D eigenvalue weighted by atomic mass is 10.0. The fraction of sp³-hybridized carbons (Fsp3) is 0.278. The van der Waals surface area contributed by atoms with E-state index in [4.69, 9.17) is 0 Å². The predicted molar refractivity (Wildman–Crippen MR) is 89.5 cm³/mol. The summed E-state index contributed by atoms with van der Waals surface area (Å²) in [5.41, 5.74) is 4.23. The van der Waals surface area contributed by atoms with Crippen LogP contribution in [0, 0.1) is 26.6 Å². The van der Waals surface area contributed by atoms with E-state index >= 15 is 0 Å². The zero-order valence-corrected chi connectivity index (χ0v) is 14.1. The fourth-order valence-corrected chi connectivity index (χ4v) is 2.86. The molecular formula is C18H19FN4O. The van der Waals surface area contributed by atoms with E-state index < -0.39 is 0 Å². The lowest BCUT2D eigenvalue weighted by molar-refractivity contribution is 0.0936. The number of fused-ring (bicyclic) bond motifs is 1. The minimum Gasteiger partial charge on any atom is -0.344 e. The van der Waals surface area contributed by atoms with E-state index in [0.29, 0.717) is 5.65 Å². The summed E-state index contributed by atoms with van der Waals surface area (Å²) in [4.78, 5) is 21.2. The van der Waals surface area contributed by atoms with Crippen LogP contribution in [0.25, 0.3) is 5.65 Å². The van der Waals surface area contributed by atoms with E-state index in [1.807, 2.05) is 33.8 Å². The first-order valence-electron chi connectivity index (χ1n) is 7.75. The number of amides is 1. The number of aryl methyl sites for hydroxylation is 3. The zero-order valence-electron chi connectivity index (χ0n) is 14.1.